The Balaban J connectivity index is 1.68. The van der Waals surface area contributed by atoms with E-state index in [4.69, 9.17) is 4.74 Å². The van der Waals surface area contributed by atoms with Gasteiger partial charge in [0.15, 0.2) is 0 Å². The van der Waals surface area contributed by atoms with Crippen molar-refractivity contribution < 1.29 is 9.53 Å². The van der Waals surface area contributed by atoms with Crippen molar-refractivity contribution in [2.24, 2.45) is 5.92 Å². The highest BCUT2D eigenvalue weighted by atomic mass is 16.5. The van der Waals surface area contributed by atoms with Gasteiger partial charge in [-0.25, -0.2) is 0 Å². The maximum atomic E-state index is 12.9. The third kappa shape index (κ3) is 4.69. The van der Waals surface area contributed by atoms with Gasteiger partial charge in [0.1, 0.15) is 5.75 Å². The molecule has 0 aromatic heterocycles. The summed E-state index contributed by atoms with van der Waals surface area (Å²) in [6, 6.07) is 18.6. The van der Waals surface area contributed by atoms with E-state index in [9.17, 15) is 4.79 Å². The fourth-order valence-electron chi connectivity index (χ4n) is 3.79. The molecule has 1 saturated heterocycles. The van der Waals surface area contributed by atoms with E-state index in [1.54, 1.807) is 7.11 Å². The van der Waals surface area contributed by atoms with Crippen LogP contribution in [0.5, 0.6) is 5.75 Å². The number of rotatable bonds is 6. The standard InChI is InChI=1S/C23H30N2O2/c1-18(2)23(26)25(20-10-5-4-6-11-20)21-13-15-24(16-14-21)17-19-9-7-8-12-22(19)27-3/h4-12,18,21H,13-17H2,1-3H3. The highest BCUT2D eigenvalue weighted by molar-refractivity contribution is 5.95. The Labute approximate surface area is 162 Å². The second-order valence-corrected chi connectivity index (χ2v) is 7.52. The molecule has 2 aromatic rings. The number of ether oxygens (including phenoxy) is 1. The van der Waals surface area contributed by atoms with Crippen molar-refractivity contribution in [1.82, 2.24) is 4.90 Å². The monoisotopic (exact) mass is 366 g/mol. The number of anilines is 1. The predicted molar refractivity (Wildman–Crippen MR) is 110 cm³/mol. The molecule has 144 valence electrons. The molecule has 4 heteroatoms. The maximum absolute atomic E-state index is 12.9. The number of benzene rings is 2. The van der Waals surface area contributed by atoms with E-state index in [0.29, 0.717) is 0 Å². The number of amides is 1. The molecule has 0 N–H and O–H groups in total. The third-order valence-electron chi connectivity index (χ3n) is 5.27. The van der Waals surface area contributed by atoms with E-state index in [2.05, 4.69) is 17.0 Å². The van der Waals surface area contributed by atoms with E-state index >= 15 is 0 Å². The number of carbonyl (C=O) groups is 1. The zero-order chi connectivity index (χ0) is 19.2. The summed E-state index contributed by atoms with van der Waals surface area (Å²) in [5.41, 5.74) is 2.23. The van der Waals surface area contributed by atoms with Gasteiger partial charge in [-0.15, -0.1) is 0 Å². The quantitative estimate of drug-likeness (QED) is 0.762. The van der Waals surface area contributed by atoms with Crippen LogP contribution in [0.15, 0.2) is 54.6 Å². The van der Waals surface area contributed by atoms with Crippen LogP contribution in [0, 0.1) is 5.92 Å². The number of hydrogen-bond donors (Lipinski definition) is 0. The molecule has 1 fully saturated rings. The van der Waals surface area contributed by atoms with Gasteiger partial charge in [0.2, 0.25) is 5.91 Å². The Morgan fingerprint density at radius 3 is 2.33 bits per heavy atom. The molecule has 1 heterocycles. The predicted octanol–water partition coefficient (Wildman–Crippen LogP) is 4.35. The Kier molecular flexibility index (Phi) is 6.51. The number of piperidine rings is 1. The van der Waals surface area contributed by atoms with Crippen LogP contribution >= 0.6 is 0 Å². The molecule has 0 radical (unpaired) electrons. The SMILES string of the molecule is COc1ccccc1CN1CCC(N(C(=O)C(C)C)c2ccccc2)CC1. The van der Waals surface area contributed by atoms with Crippen molar-refractivity contribution in [3.63, 3.8) is 0 Å². The van der Waals surface area contributed by atoms with Crippen LogP contribution in [0.4, 0.5) is 5.69 Å². The molecule has 0 atom stereocenters. The van der Waals surface area contributed by atoms with Crippen molar-refractivity contribution in [2.45, 2.75) is 39.3 Å². The minimum atomic E-state index is -0.00295. The summed E-state index contributed by atoms with van der Waals surface area (Å²) in [7, 11) is 1.72. The van der Waals surface area contributed by atoms with Crippen LogP contribution in [-0.2, 0) is 11.3 Å². The Hall–Kier alpha value is -2.33. The van der Waals surface area contributed by atoms with Gasteiger partial charge in [0.25, 0.3) is 0 Å². The van der Waals surface area contributed by atoms with E-state index in [-0.39, 0.29) is 17.9 Å². The first-order valence-electron chi connectivity index (χ1n) is 9.82. The molecule has 1 amide bonds. The van der Waals surface area contributed by atoms with Crippen LogP contribution in [0.2, 0.25) is 0 Å². The fraction of sp³-hybridized carbons (Fsp3) is 0.435. The number of para-hydroxylation sites is 2. The van der Waals surface area contributed by atoms with Crippen LogP contribution in [-0.4, -0.2) is 37.0 Å². The van der Waals surface area contributed by atoms with Gasteiger partial charge in [0.05, 0.1) is 7.11 Å². The molecule has 27 heavy (non-hydrogen) atoms. The van der Waals surface area contributed by atoms with Gasteiger partial charge in [-0.1, -0.05) is 50.2 Å². The molecular weight excluding hydrogens is 336 g/mol. The largest absolute Gasteiger partial charge is 0.496 e. The Morgan fingerprint density at radius 2 is 1.70 bits per heavy atom. The number of likely N-dealkylation sites (tertiary alicyclic amines) is 1. The van der Waals surface area contributed by atoms with Gasteiger partial charge in [-0.3, -0.25) is 9.69 Å². The van der Waals surface area contributed by atoms with Crippen LogP contribution in [0.1, 0.15) is 32.3 Å². The summed E-state index contributed by atoms with van der Waals surface area (Å²) in [4.78, 5) is 17.4. The fourth-order valence-corrected chi connectivity index (χ4v) is 3.79. The van der Waals surface area contributed by atoms with E-state index in [0.717, 1.165) is 43.9 Å². The number of nitrogens with zero attached hydrogens (tertiary/aromatic N) is 2. The van der Waals surface area contributed by atoms with Crippen molar-refractivity contribution >= 4 is 11.6 Å². The highest BCUT2D eigenvalue weighted by Gasteiger charge is 2.30. The van der Waals surface area contributed by atoms with E-state index in [1.165, 1.54) is 5.56 Å². The zero-order valence-electron chi connectivity index (χ0n) is 16.6. The van der Waals surface area contributed by atoms with Gasteiger partial charge in [-0.2, -0.15) is 0 Å². The lowest BCUT2D eigenvalue weighted by atomic mass is 9.99. The summed E-state index contributed by atoms with van der Waals surface area (Å²) >= 11 is 0. The van der Waals surface area contributed by atoms with Crippen LogP contribution < -0.4 is 9.64 Å². The van der Waals surface area contributed by atoms with E-state index < -0.39 is 0 Å². The Morgan fingerprint density at radius 1 is 1.07 bits per heavy atom. The first-order valence-corrected chi connectivity index (χ1v) is 9.82. The molecule has 1 aliphatic rings. The number of hydrogen-bond acceptors (Lipinski definition) is 3. The topological polar surface area (TPSA) is 32.8 Å². The smallest absolute Gasteiger partial charge is 0.229 e. The summed E-state index contributed by atoms with van der Waals surface area (Å²) in [6.45, 7) is 6.82. The first-order chi connectivity index (χ1) is 13.1. The molecule has 0 saturated carbocycles. The molecule has 4 nitrogen and oxygen atoms in total. The zero-order valence-corrected chi connectivity index (χ0v) is 16.6. The third-order valence-corrected chi connectivity index (χ3v) is 5.27. The molecule has 0 unspecified atom stereocenters. The van der Waals surface area contributed by atoms with Gasteiger partial charge in [-0.05, 0) is 31.0 Å². The van der Waals surface area contributed by atoms with Gasteiger partial charge < -0.3 is 9.64 Å². The average molecular weight is 367 g/mol. The van der Waals surface area contributed by atoms with Gasteiger partial charge in [0, 0.05) is 42.8 Å². The minimum absolute atomic E-state index is 0.00295. The molecule has 1 aliphatic heterocycles. The second-order valence-electron chi connectivity index (χ2n) is 7.52. The van der Waals surface area contributed by atoms with Gasteiger partial charge >= 0.3 is 0 Å². The Bertz CT molecular complexity index is 737. The molecule has 0 aliphatic carbocycles. The first kappa shape index (κ1) is 19.4. The van der Waals surface area contributed by atoms with Crippen molar-refractivity contribution in [3.05, 3.63) is 60.2 Å². The van der Waals surface area contributed by atoms with Crippen molar-refractivity contribution in [1.29, 1.82) is 0 Å². The summed E-state index contributed by atoms with van der Waals surface area (Å²) < 4.78 is 5.48. The normalized spacial score (nSPS) is 15.7. The lowest BCUT2D eigenvalue weighted by molar-refractivity contribution is -0.122. The summed E-state index contributed by atoms with van der Waals surface area (Å²) in [5.74, 6) is 1.15. The van der Waals surface area contributed by atoms with Crippen LogP contribution in [0.3, 0.4) is 0 Å². The number of methoxy groups -OCH3 is 1. The summed E-state index contributed by atoms with van der Waals surface area (Å²) in [5, 5.41) is 0. The highest BCUT2D eigenvalue weighted by Crippen LogP contribution is 2.27. The average Bonchev–Trinajstić information content (AvgIpc) is 2.70. The molecular formula is C23H30N2O2. The summed E-state index contributed by atoms with van der Waals surface area (Å²) in [6.07, 6.45) is 1.98. The van der Waals surface area contributed by atoms with Crippen molar-refractivity contribution in [3.8, 4) is 5.75 Å². The lowest BCUT2D eigenvalue weighted by Gasteiger charge is -2.39. The van der Waals surface area contributed by atoms with E-state index in [1.807, 2.05) is 61.2 Å². The molecule has 0 spiro atoms. The molecule has 3 rings (SSSR count). The second kappa shape index (κ2) is 9.05. The molecule has 0 bridgehead atoms. The maximum Gasteiger partial charge on any atom is 0.229 e. The minimum Gasteiger partial charge on any atom is -0.496 e. The number of carbonyl (C=O) groups excluding carboxylic acids is 1. The lowest BCUT2D eigenvalue weighted by Crippen LogP contribution is -2.48. The van der Waals surface area contributed by atoms with Crippen molar-refractivity contribution in [2.75, 3.05) is 25.1 Å². The molecule has 2 aromatic carbocycles. The van der Waals surface area contributed by atoms with Crippen LogP contribution in [0.25, 0.3) is 0 Å².